The van der Waals surface area contributed by atoms with Gasteiger partial charge in [0.05, 0.1) is 30.9 Å². The Morgan fingerprint density at radius 2 is 1.68 bits per heavy atom. The number of nitrogens with zero attached hydrogens (tertiary/aromatic N) is 2. The molecule has 3 aromatic carbocycles. The van der Waals surface area contributed by atoms with E-state index in [0.29, 0.717) is 23.7 Å². The molecule has 1 fully saturated rings. The van der Waals surface area contributed by atoms with Gasteiger partial charge >= 0.3 is 5.97 Å². The summed E-state index contributed by atoms with van der Waals surface area (Å²) in [5, 5.41) is 3.73. The van der Waals surface area contributed by atoms with Gasteiger partial charge < -0.3 is 14.8 Å². The van der Waals surface area contributed by atoms with E-state index >= 15 is 0 Å². The lowest BCUT2D eigenvalue weighted by molar-refractivity contribution is -0.124. The Labute approximate surface area is 241 Å². The summed E-state index contributed by atoms with van der Waals surface area (Å²) in [6, 6.07) is 16.5. The van der Waals surface area contributed by atoms with Crippen LogP contribution < -0.4 is 20.4 Å². The number of halogens is 1. The molecule has 41 heavy (non-hydrogen) atoms. The Morgan fingerprint density at radius 3 is 2.37 bits per heavy atom. The Kier molecular flexibility index (Phi) is 9.25. The highest BCUT2D eigenvalue weighted by Crippen LogP contribution is 2.27. The number of nitrogens with one attached hydrogen (secondary N) is 2. The van der Waals surface area contributed by atoms with Crippen molar-refractivity contribution in [2.75, 3.05) is 23.4 Å². The Balaban J connectivity index is 1.59. The van der Waals surface area contributed by atoms with Crippen LogP contribution in [0.15, 0.2) is 72.8 Å². The van der Waals surface area contributed by atoms with Crippen molar-refractivity contribution in [1.82, 2.24) is 10.4 Å². The highest BCUT2D eigenvalue weighted by molar-refractivity contribution is 7.80. The summed E-state index contributed by atoms with van der Waals surface area (Å²) >= 11 is 5.55. The first-order valence-electron chi connectivity index (χ1n) is 12.8. The zero-order valence-corrected chi connectivity index (χ0v) is 23.1. The minimum absolute atomic E-state index is 0.00608. The predicted molar refractivity (Wildman–Crippen MR) is 153 cm³/mol. The Bertz CT molecular complexity index is 1480. The Hall–Kier alpha value is -4.84. The summed E-state index contributed by atoms with van der Waals surface area (Å²) in [5.74, 6) is -2.42. The van der Waals surface area contributed by atoms with Gasteiger partial charge in [-0.2, -0.15) is 0 Å². The number of rotatable bonds is 10. The quantitative estimate of drug-likeness (QED) is 0.273. The number of thiocarbonyl (C=S) groups is 1. The second kappa shape index (κ2) is 13.0. The van der Waals surface area contributed by atoms with Crippen molar-refractivity contribution in [3.8, 4) is 5.75 Å². The van der Waals surface area contributed by atoms with Gasteiger partial charge in [-0.25, -0.2) is 14.2 Å². The number of benzene rings is 3. The van der Waals surface area contributed by atoms with Crippen LogP contribution in [0.1, 0.15) is 41.0 Å². The maximum Gasteiger partial charge on any atom is 0.338 e. The number of anilines is 2. The molecule has 0 bridgehead atoms. The first-order chi connectivity index (χ1) is 19.7. The lowest BCUT2D eigenvalue weighted by Gasteiger charge is -2.24. The van der Waals surface area contributed by atoms with Crippen LogP contribution in [-0.4, -0.2) is 53.1 Å². The highest BCUT2D eigenvalue weighted by Gasteiger charge is 2.45. The molecular formula is C29H27FN4O6S. The summed E-state index contributed by atoms with van der Waals surface area (Å²) in [6.07, 6.45) is -0.376. The van der Waals surface area contributed by atoms with Gasteiger partial charge in [0.2, 0.25) is 11.0 Å². The van der Waals surface area contributed by atoms with E-state index in [9.17, 15) is 23.6 Å². The molecule has 10 nitrogen and oxygen atoms in total. The molecule has 212 valence electrons. The number of hydrazine groups is 1. The molecule has 1 heterocycles. The van der Waals surface area contributed by atoms with E-state index in [2.05, 4.69) is 10.7 Å². The normalized spacial score (nSPS) is 14.6. The number of carbonyl (C=O) groups is 4. The molecule has 1 aliphatic heterocycles. The van der Waals surface area contributed by atoms with Gasteiger partial charge in [0, 0.05) is 17.3 Å². The fraction of sp³-hybridized carbons (Fsp3) is 0.207. The molecule has 0 unspecified atom stereocenters. The SMILES string of the molecule is CCOC(=O)c1ccc(N2C(=O)[C@H](CC(=O)Nc3cccc(OCC)c3)N(NC(=O)c3cccc(F)c3)C2=S)cc1. The molecule has 0 aliphatic carbocycles. The average Bonchev–Trinajstić information content (AvgIpc) is 3.17. The maximum atomic E-state index is 13.8. The molecule has 0 saturated carbocycles. The predicted octanol–water partition coefficient (Wildman–Crippen LogP) is 4.08. The van der Waals surface area contributed by atoms with Crippen LogP contribution in [0.4, 0.5) is 15.8 Å². The standard InChI is InChI=1S/C29H27FN4O6S/c1-3-39-23-10-6-9-21(16-23)31-25(35)17-24-27(37)33(22-13-11-18(12-14-22)28(38)40-4-2)29(41)34(24)32-26(36)19-7-5-8-20(30)15-19/h5-16,24H,3-4,17H2,1-2H3,(H,31,35)(H,32,36)/t24-/m0/s1. The van der Waals surface area contributed by atoms with Gasteiger partial charge in [0.15, 0.2) is 0 Å². The molecule has 3 amide bonds. The van der Waals surface area contributed by atoms with Gasteiger partial charge in [-0.3, -0.25) is 24.7 Å². The van der Waals surface area contributed by atoms with Crippen LogP contribution in [0, 0.1) is 5.82 Å². The van der Waals surface area contributed by atoms with E-state index in [0.717, 1.165) is 16.0 Å². The number of carbonyl (C=O) groups excluding carboxylic acids is 4. The van der Waals surface area contributed by atoms with Crippen molar-refractivity contribution in [3.63, 3.8) is 0 Å². The molecular weight excluding hydrogens is 551 g/mol. The van der Waals surface area contributed by atoms with E-state index in [1.54, 1.807) is 31.2 Å². The van der Waals surface area contributed by atoms with E-state index in [1.807, 2.05) is 6.92 Å². The van der Waals surface area contributed by atoms with Crippen molar-refractivity contribution >= 4 is 52.4 Å². The topological polar surface area (TPSA) is 117 Å². The molecule has 0 radical (unpaired) electrons. The zero-order valence-electron chi connectivity index (χ0n) is 22.3. The van der Waals surface area contributed by atoms with Crippen LogP contribution in [0.5, 0.6) is 5.75 Å². The molecule has 4 rings (SSSR count). The van der Waals surface area contributed by atoms with Gasteiger partial charge in [-0.1, -0.05) is 12.1 Å². The van der Waals surface area contributed by atoms with Crippen LogP contribution >= 0.6 is 12.2 Å². The molecule has 0 spiro atoms. The molecule has 0 aromatic heterocycles. The van der Waals surface area contributed by atoms with Gasteiger partial charge in [-0.15, -0.1) is 0 Å². The van der Waals surface area contributed by atoms with Crippen molar-refractivity contribution in [3.05, 3.63) is 89.7 Å². The van der Waals surface area contributed by atoms with Gasteiger partial charge in [0.25, 0.3) is 11.8 Å². The summed E-state index contributed by atoms with van der Waals surface area (Å²) in [6.45, 7) is 4.17. The third-order valence-electron chi connectivity index (χ3n) is 5.97. The molecule has 1 atom stereocenters. The fourth-order valence-corrected chi connectivity index (χ4v) is 4.49. The maximum absolute atomic E-state index is 13.8. The van der Waals surface area contributed by atoms with Gasteiger partial charge in [0.1, 0.15) is 17.6 Å². The highest BCUT2D eigenvalue weighted by atomic mass is 32.1. The van der Waals surface area contributed by atoms with Gasteiger partial charge in [-0.05, 0) is 80.7 Å². The van der Waals surface area contributed by atoms with E-state index in [-0.39, 0.29) is 29.3 Å². The lowest BCUT2D eigenvalue weighted by atomic mass is 10.1. The van der Waals surface area contributed by atoms with Crippen LogP contribution in [0.2, 0.25) is 0 Å². The summed E-state index contributed by atoms with van der Waals surface area (Å²) < 4.78 is 24.2. The van der Waals surface area contributed by atoms with Crippen molar-refractivity contribution in [2.45, 2.75) is 26.3 Å². The molecule has 2 N–H and O–H groups in total. The Morgan fingerprint density at radius 1 is 0.951 bits per heavy atom. The largest absolute Gasteiger partial charge is 0.494 e. The number of hydrogen-bond donors (Lipinski definition) is 2. The summed E-state index contributed by atoms with van der Waals surface area (Å²) in [5.41, 5.74) is 3.58. The molecule has 3 aromatic rings. The third-order valence-corrected chi connectivity index (χ3v) is 6.35. The van der Waals surface area contributed by atoms with Crippen LogP contribution in [-0.2, 0) is 14.3 Å². The number of hydrogen-bond acceptors (Lipinski definition) is 7. The van der Waals surface area contributed by atoms with Crippen molar-refractivity contribution in [2.24, 2.45) is 0 Å². The number of amides is 3. The average molecular weight is 579 g/mol. The van der Waals surface area contributed by atoms with E-state index in [1.165, 1.54) is 42.5 Å². The smallest absolute Gasteiger partial charge is 0.338 e. The van der Waals surface area contributed by atoms with Crippen LogP contribution in [0.25, 0.3) is 0 Å². The second-order valence-electron chi connectivity index (χ2n) is 8.77. The first-order valence-corrected chi connectivity index (χ1v) is 13.2. The van der Waals surface area contributed by atoms with Crippen molar-refractivity contribution in [1.29, 1.82) is 0 Å². The van der Waals surface area contributed by atoms with Crippen molar-refractivity contribution < 1.29 is 33.0 Å². The minimum Gasteiger partial charge on any atom is -0.494 e. The lowest BCUT2D eigenvalue weighted by Crippen LogP contribution is -2.49. The van der Waals surface area contributed by atoms with Crippen LogP contribution in [0.3, 0.4) is 0 Å². The number of esters is 1. The first kappa shape index (κ1) is 29.2. The minimum atomic E-state index is -1.22. The zero-order chi connectivity index (χ0) is 29.5. The summed E-state index contributed by atoms with van der Waals surface area (Å²) in [7, 11) is 0. The third kappa shape index (κ3) is 6.84. The monoisotopic (exact) mass is 578 g/mol. The molecule has 1 saturated heterocycles. The van der Waals surface area contributed by atoms with E-state index in [4.69, 9.17) is 21.7 Å². The molecule has 12 heteroatoms. The fourth-order valence-electron chi connectivity index (χ4n) is 4.12. The number of ether oxygens (including phenoxy) is 2. The molecule has 1 aliphatic rings. The summed E-state index contributed by atoms with van der Waals surface area (Å²) in [4.78, 5) is 52.9. The van der Waals surface area contributed by atoms with E-state index < -0.39 is 35.5 Å². The second-order valence-corrected chi connectivity index (χ2v) is 9.14.